The molecular weight excluding hydrogens is 437 g/mol. The van der Waals surface area contributed by atoms with Crippen molar-refractivity contribution < 1.29 is 26.8 Å². The van der Waals surface area contributed by atoms with Crippen molar-refractivity contribution in [1.29, 1.82) is 0 Å². The van der Waals surface area contributed by atoms with E-state index in [9.17, 15) is 18.0 Å². The molecule has 10 heteroatoms. The van der Waals surface area contributed by atoms with Gasteiger partial charge in [-0.05, 0) is 30.3 Å². The number of hydrogen-bond acceptors (Lipinski definition) is 5. The molecule has 3 heterocycles. The first-order valence-corrected chi connectivity index (χ1v) is 9.82. The van der Waals surface area contributed by atoms with Crippen LogP contribution in [0.25, 0.3) is 34.0 Å². The number of furan rings is 1. The Kier molecular flexibility index (Phi) is 4.97. The van der Waals surface area contributed by atoms with E-state index in [0.29, 0.717) is 16.8 Å². The van der Waals surface area contributed by atoms with Crippen LogP contribution in [0.15, 0.2) is 82.0 Å². The minimum atomic E-state index is -4.58. The lowest BCUT2D eigenvalue weighted by molar-refractivity contribution is -0.137. The molecule has 0 bridgehead atoms. The van der Waals surface area contributed by atoms with Gasteiger partial charge in [0, 0.05) is 17.1 Å². The number of aromatic nitrogens is 3. The quantitative estimate of drug-likeness (QED) is 0.375. The smallest absolute Gasteiger partial charge is 0.418 e. The normalized spacial score (nSPS) is 11.7. The van der Waals surface area contributed by atoms with Gasteiger partial charge < -0.3 is 18.7 Å². The molecule has 0 radical (unpaired) electrons. The van der Waals surface area contributed by atoms with Crippen LogP contribution in [0.3, 0.4) is 0 Å². The number of amides is 1. The van der Waals surface area contributed by atoms with Crippen molar-refractivity contribution in [2.45, 2.75) is 12.7 Å². The van der Waals surface area contributed by atoms with Crippen LogP contribution in [0.4, 0.5) is 18.9 Å². The summed E-state index contributed by atoms with van der Waals surface area (Å²) in [4.78, 5) is 12.6. The Morgan fingerprint density at radius 2 is 1.73 bits per heavy atom. The van der Waals surface area contributed by atoms with Crippen molar-refractivity contribution >= 4 is 22.5 Å². The lowest BCUT2D eigenvalue weighted by atomic mass is 10.1. The molecule has 166 valence electrons. The van der Waals surface area contributed by atoms with E-state index in [1.165, 1.54) is 24.5 Å². The minimum Gasteiger partial charge on any atom is -0.459 e. The van der Waals surface area contributed by atoms with Crippen LogP contribution in [-0.4, -0.2) is 20.7 Å². The van der Waals surface area contributed by atoms with Crippen molar-refractivity contribution in [2.75, 3.05) is 5.32 Å². The van der Waals surface area contributed by atoms with Gasteiger partial charge in [-0.2, -0.15) is 13.2 Å². The highest BCUT2D eigenvalue weighted by Gasteiger charge is 2.33. The number of fused-ring (bicyclic) bond motifs is 1. The molecule has 0 aliphatic heterocycles. The molecule has 0 aliphatic carbocycles. The maximum absolute atomic E-state index is 13.2. The molecule has 0 atom stereocenters. The Hall–Kier alpha value is -4.34. The SMILES string of the molecule is O=C(Cn1cc(-c2nnc(-c3ccco3)o2)c2ccccc21)Nc1ccccc1C(F)(F)F. The molecule has 3 aromatic heterocycles. The largest absolute Gasteiger partial charge is 0.459 e. The number of halogens is 3. The van der Waals surface area contributed by atoms with E-state index in [1.54, 1.807) is 35.0 Å². The summed E-state index contributed by atoms with van der Waals surface area (Å²) < 4.78 is 52.3. The van der Waals surface area contributed by atoms with Gasteiger partial charge in [-0.25, -0.2) is 0 Å². The molecule has 5 rings (SSSR count). The number of nitrogens with one attached hydrogen (secondary N) is 1. The van der Waals surface area contributed by atoms with Crippen LogP contribution < -0.4 is 5.32 Å². The predicted octanol–water partition coefficient (Wildman–Crippen LogP) is 5.61. The average Bonchev–Trinajstić information content (AvgIpc) is 3.53. The first kappa shape index (κ1) is 20.6. The molecule has 0 spiro atoms. The number of anilines is 1. The van der Waals surface area contributed by atoms with Gasteiger partial charge in [-0.1, -0.05) is 30.3 Å². The van der Waals surface area contributed by atoms with E-state index in [-0.39, 0.29) is 24.0 Å². The summed E-state index contributed by atoms with van der Waals surface area (Å²) in [6, 6.07) is 15.4. The fourth-order valence-corrected chi connectivity index (χ4v) is 3.56. The highest BCUT2D eigenvalue weighted by Crippen LogP contribution is 2.35. The molecule has 5 aromatic rings. The Morgan fingerprint density at radius 3 is 2.52 bits per heavy atom. The lowest BCUT2D eigenvalue weighted by Crippen LogP contribution is -2.20. The monoisotopic (exact) mass is 452 g/mol. The summed E-state index contributed by atoms with van der Waals surface area (Å²) in [6.07, 6.45) is -1.44. The van der Waals surface area contributed by atoms with E-state index >= 15 is 0 Å². The number of rotatable bonds is 5. The van der Waals surface area contributed by atoms with Gasteiger partial charge in [-0.3, -0.25) is 4.79 Å². The van der Waals surface area contributed by atoms with Gasteiger partial charge in [0.1, 0.15) is 6.54 Å². The van der Waals surface area contributed by atoms with Crippen molar-refractivity contribution in [3.63, 3.8) is 0 Å². The van der Waals surface area contributed by atoms with Gasteiger partial charge >= 0.3 is 6.18 Å². The maximum Gasteiger partial charge on any atom is 0.418 e. The van der Waals surface area contributed by atoms with Gasteiger partial charge in [-0.15, -0.1) is 10.2 Å². The maximum atomic E-state index is 13.2. The topological polar surface area (TPSA) is 86.1 Å². The summed E-state index contributed by atoms with van der Waals surface area (Å²) in [5.74, 6) is 0.230. The molecule has 2 aromatic carbocycles. The predicted molar refractivity (Wildman–Crippen MR) is 113 cm³/mol. The summed E-state index contributed by atoms with van der Waals surface area (Å²) in [7, 11) is 0. The standard InChI is InChI=1S/C23H15F3N4O3/c24-23(25,26)16-7-2-3-8-17(16)27-20(31)13-30-12-15(14-6-1-4-9-18(14)30)21-28-29-22(33-21)19-10-5-11-32-19/h1-12H,13H2,(H,27,31). The lowest BCUT2D eigenvalue weighted by Gasteiger charge is -2.14. The minimum absolute atomic E-state index is 0.202. The van der Waals surface area contributed by atoms with E-state index in [4.69, 9.17) is 8.83 Å². The molecule has 1 N–H and O–H groups in total. The molecule has 0 unspecified atom stereocenters. The Bertz CT molecular complexity index is 1430. The highest BCUT2D eigenvalue weighted by molar-refractivity contribution is 5.97. The number of alkyl halides is 3. The molecule has 0 saturated heterocycles. The second kappa shape index (κ2) is 7.97. The number of benzene rings is 2. The van der Waals surface area contributed by atoms with E-state index < -0.39 is 17.6 Å². The summed E-state index contributed by atoms with van der Waals surface area (Å²) >= 11 is 0. The Balaban J connectivity index is 1.45. The van der Waals surface area contributed by atoms with Crippen molar-refractivity contribution in [3.8, 4) is 23.1 Å². The van der Waals surface area contributed by atoms with Gasteiger partial charge in [0.05, 0.1) is 23.1 Å². The number of nitrogens with zero attached hydrogens (tertiary/aromatic N) is 3. The van der Waals surface area contributed by atoms with Gasteiger partial charge in [0.15, 0.2) is 5.76 Å². The number of carbonyl (C=O) groups excluding carboxylic acids is 1. The van der Waals surface area contributed by atoms with Crippen molar-refractivity contribution in [3.05, 3.63) is 78.7 Å². The molecule has 33 heavy (non-hydrogen) atoms. The Morgan fingerprint density at radius 1 is 0.970 bits per heavy atom. The number of carbonyl (C=O) groups is 1. The molecular formula is C23H15F3N4O3. The van der Waals surface area contributed by atoms with Crippen LogP contribution in [-0.2, 0) is 17.5 Å². The third kappa shape index (κ3) is 3.98. The third-order valence-corrected chi connectivity index (χ3v) is 5.00. The zero-order valence-electron chi connectivity index (χ0n) is 16.8. The average molecular weight is 452 g/mol. The molecule has 1 amide bonds. The third-order valence-electron chi connectivity index (χ3n) is 5.00. The summed E-state index contributed by atoms with van der Waals surface area (Å²) in [5.41, 5.74) is 0.0586. The van der Waals surface area contributed by atoms with Crippen LogP contribution in [0, 0.1) is 0 Å². The van der Waals surface area contributed by atoms with Gasteiger partial charge in [0.2, 0.25) is 11.8 Å². The zero-order valence-corrected chi connectivity index (χ0v) is 16.8. The van der Waals surface area contributed by atoms with Crippen LogP contribution >= 0.6 is 0 Å². The fraction of sp³-hybridized carbons (Fsp3) is 0.0870. The Labute approximate surface area is 184 Å². The van der Waals surface area contributed by atoms with E-state index in [2.05, 4.69) is 15.5 Å². The number of para-hydroxylation sites is 2. The van der Waals surface area contributed by atoms with Crippen LogP contribution in [0.2, 0.25) is 0 Å². The number of hydrogen-bond donors (Lipinski definition) is 1. The van der Waals surface area contributed by atoms with Crippen LogP contribution in [0.5, 0.6) is 0 Å². The summed E-state index contributed by atoms with van der Waals surface area (Å²) in [5, 5.41) is 11.2. The van der Waals surface area contributed by atoms with Gasteiger partial charge in [0.25, 0.3) is 5.89 Å². The van der Waals surface area contributed by atoms with E-state index in [1.807, 2.05) is 12.1 Å². The first-order valence-electron chi connectivity index (χ1n) is 9.82. The highest BCUT2D eigenvalue weighted by atomic mass is 19.4. The molecule has 0 saturated carbocycles. The molecule has 0 fully saturated rings. The van der Waals surface area contributed by atoms with Crippen molar-refractivity contribution in [1.82, 2.24) is 14.8 Å². The molecule has 7 nitrogen and oxygen atoms in total. The zero-order chi connectivity index (χ0) is 23.0. The van der Waals surface area contributed by atoms with E-state index in [0.717, 1.165) is 11.5 Å². The summed E-state index contributed by atoms with van der Waals surface area (Å²) in [6.45, 7) is -0.216. The van der Waals surface area contributed by atoms with Crippen LogP contribution in [0.1, 0.15) is 5.56 Å². The molecule has 0 aliphatic rings. The fourth-order valence-electron chi connectivity index (χ4n) is 3.56. The second-order valence-corrected chi connectivity index (χ2v) is 7.17. The first-order chi connectivity index (χ1) is 15.9. The van der Waals surface area contributed by atoms with Crippen molar-refractivity contribution in [2.24, 2.45) is 0 Å². The second-order valence-electron chi connectivity index (χ2n) is 7.17.